The molecule has 1 fully saturated rings. The van der Waals surface area contributed by atoms with Crippen LogP contribution in [0.3, 0.4) is 0 Å². The highest BCUT2D eigenvalue weighted by Gasteiger charge is 2.18. The van der Waals surface area contributed by atoms with Gasteiger partial charge in [0.15, 0.2) is 0 Å². The van der Waals surface area contributed by atoms with Gasteiger partial charge in [-0.1, -0.05) is 12.6 Å². The topological polar surface area (TPSA) is 74.3 Å². The van der Waals surface area contributed by atoms with Gasteiger partial charge >= 0.3 is 6.03 Å². The van der Waals surface area contributed by atoms with E-state index in [2.05, 4.69) is 16.8 Å². The summed E-state index contributed by atoms with van der Waals surface area (Å²) in [5.74, 6) is 0.667. The molecule has 0 spiro atoms. The van der Waals surface area contributed by atoms with Crippen molar-refractivity contribution >= 4 is 11.7 Å². The summed E-state index contributed by atoms with van der Waals surface area (Å²) in [6.07, 6.45) is -0.603. The van der Waals surface area contributed by atoms with Crippen molar-refractivity contribution in [2.75, 3.05) is 58.4 Å². The number of urea groups is 1. The predicted octanol–water partition coefficient (Wildman–Crippen LogP) is 1.80. The molecule has 0 bridgehead atoms. The zero-order valence-electron chi connectivity index (χ0n) is 15.6. The number of nitrogens with one attached hydrogen (secondary N) is 1. The van der Waals surface area contributed by atoms with Crippen LogP contribution in [0.4, 0.5) is 10.5 Å². The number of ether oxygens (including phenoxy) is 2. The molecule has 0 saturated carbocycles. The van der Waals surface area contributed by atoms with Gasteiger partial charge in [-0.3, -0.25) is 4.90 Å². The number of anilines is 1. The van der Waals surface area contributed by atoms with E-state index in [4.69, 9.17) is 9.47 Å². The van der Waals surface area contributed by atoms with Crippen molar-refractivity contribution in [2.24, 2.45) is 0 Å². The summed E-state index contributed by atoms with van der Waals surface area (Å²) < 4.78 is 10.9. The van der Waals surface area contributed by atoms with Crippen molar-refractivity contribution in [2.45, 2.75) is 13.0 Å². The van der Waals surface area contributed by atoms with Crippen molar-refractivity contribution in [1.82, 2.24) is 9.80 Å². The molecule has 0 aromatic heterocycles. The van der Waals surface area contributed by atoms with Crippen LogP contribution in [0, 0.1) is 0 Å². The van der Waals surface area contributed by atoms with Crippen LogP contribution in [-0.2, 0) is 4.74 Å². The molecule has 2 N–H and O–H groups in total. The van der Waals surface area contributed by atoms with Gasteiger partial charge < -0.3 is 24.8 Å². The number of likely N-dealkylation sites (N-methyl/N-ethyl adjacent to an activating group) is 1. The molecular formula is C19H29N3O4. The molecular weight excluding hydrogens is 334 g/mol. The second-order valence-electron chi connectivity index (χ2n) is 6.65. The van der Waals surface area contributed by atoms with Gasteiger partial charge in [0.1, 0.15) is 12.4 Å². The van der Waals surface area contributed by atoms with Crippen molar-refractivity contribution < 1.29 is 19.4 Å². The standard InChI is InChI=1S/C19H29N3O4/c1-15(2)14-26-18-6-4-5-16(11-18)20-19(24)21(3)12-17(23)13-22-7-9-25-10-8-22/h4-6,11,17,23H,1,7-10,12-14H2,2-3H3,(H,20,24). The Balaban J connectivity index is 1.80. The Morgan fingerprint density at radius 1 is 1.46 bits per heavy atom. The molecule has 1 aliphatic heterocycles. The predicted molar refractivity (Wildman–Crippen MR) is 102 cm³/mol. The molecule has 1 saturated heterocycles. The summed E-state index contributed by atoms with van der Waals surface area (Å²) in [6.45, 7) is 9.91. The number of aliphatic hydroxyl groups excluding tert-OH is 1. The molecule has 1 heterocycles. The number of amides is 2. The Bertz CT molecular complexity index is 602. The first-order chi connectivity index (χ1) is 12.4. The lowest BCUT2D eigenvalue weighted by Crippen LogP contribution is -2.45. The van der Waals surface area contributed by atoms with Gasteiger partial charge in [0, 0.05) is 45.0 Å². The Kier molecular flexibility index (Phi) is 7.90. The molecule has 7 nitrogen and oxygen atoms in total. The molecule has 1 aromatic rings. The minimum absolute atomic E-state index is 0.259. The molecule has 0 radical (unpaired) electrons. The fraction of sp³-hybridized carbons (Fsp3) is 0.526. The average molecular weight is 363 g/mol. The van der Waals surface area contributed by atoms with E-state index in [-0.39, 0.29) is 12.6 Å². The third-order valence-corrected chi connectivity index (χ3v) is 3.97. The zero-order valence-corrected chi connectivity index (χ0v) is 15.6. The molecule has 1 unspecified atom stereocenters. The largest absolute Gasteiger partial charge is 0.489 e. The van der Waals surface area contributed by atoms with Crippen LogP contribution in [0.15, 0.2) is 36.4 Å². The highest BCUT2D eigenvalue weighted by molar-refractivity contribution is 5.89. The maximum Gasteiger partial charge on any atom is 0.321 e. The van der Waals surface area contributed by atoms with Crippen LogP contribution in [-0.4, -0.2) is 80.1 Å². The molecule has 2 rings (SSSR count). The normalized spacial score (nSPS) is 16.0. The van der Waals surface area contributed by atoms with Crippen LogP contribution in [0.25, 0.3) is 0 Å². The molecule has 1 atom stereocenters. The summed E-state index contributed by atoms with van der Waals surface area (Å²) in [4.78, 5) is 16.0. The fourth-order valence-corrected chi connectivity index (χ4v) is 2.63. The fourth-order valence-electron chi connectivity index (χ4n) is 2.63. The minimum atomic E-state index is -0.603. The van der Waals surface area contributed by atoms with Crippen LogP contribution >= 0.6 is 0 Å². The summed E-state index contributed by atoms with van der Waals surface area (Å²) in [7, 11) is 1.67. The Morgan fingerprint density at radius 3 is 2.88 bits per heavy atom. The quantitative estimate of drug-likeness (QED) is 0.689. The van der Waals surface area contributed by atoms with Gasteiger partial charge in [-0.2, -0.15) is 0 Å². The molecule has 2 amide bonds. The minimum Gasteiger partial charge on any atom is -0.489 e. The summed E-state index contributed by atoms with van der Waals surface area (Å²) in [6, 6.07) is 6.93. The van der Waals surface area contributed by atoms with E-state index in [0.717, 1.165) is 18.7 Å². The van der Waals surface area contributed by atoms with Gasteiger partial charge in [-0.15, -0.1) is 0 Å². The third kappa shape index (κ3) is 7.03. The van der Waals surface area contributed by atoms with E-state index in [0.29, 0.717) is 37.8 Å². The number of benzene rings is 1. The van der Waals surface area contributed by atoms with Crippen molar-refractivity contribution in [3.63, 3.8) is 0 Å². The highest BCUT2D eigenvalue weighted by Crippen LogP contribution is 2.18. The number of rotatable bonds is 8. The molecule has 0 aliphatic carbocycles. The first-order valence-electron chi connectivity index (χ1n) is 8.81. The molecule has 7 heteroatoms. The van der Waals surface area contributed by atoms with Gasteiger partial charge in [-0.25, -0.2) is 4.79 Å². The van der Waals surface area contributed by atoms with E-state index in [1.807, 2.05) is 19.1 Å². The lowest BCUT2D eigenvalue weighted by molar-refractivity contribution is 0.0109. The van der Waals surface area contributed by atoms with E-state index in [9.17, 15) is 9.90 Å². The average Bonchev–Trinajstić information content (AvgIpc) is 2.61. The van der Waals surface area contributed by atoms with Gasteiger partial charge in [0.25, 0.3) is 0 Å². The van der Waals surface area contributed by atoms with Gasteiger partial charge in [0.2, 0.25) is 0 Å². The summed E-state index contributed by atoms with van der Waals surface area (Å²) in [5, 5.41) is 13.0. The molecule has 1 aliphatic rings. The van der Waals surface area contributed by atoms with E-state index >= 15 is 0 Å². The second kappa shape index (κ2) is 10.2. The lowest BCUT2D eigenvalue weighted by Gasteiger charge is -2.30. The number of carbonyl (C=O) groups excluding carboxylic acids is 1. The molecule has 144 valence electrons. The monoisotopic (exact) mass is 363 g/mol. The van der Waals surface area contributed by atoms with E-state index in [1.54, 1.807) is 19.2 Å². The number of hydrogen-bond acceptors (Lipinski definition) is 5. The van der Waals surface area contributed by atoms with Gasteiger partial charge in [-0.05, 0) is 24.6 Å². The number of aliphatic hydroxyl groups is 1. The number of hydrogen-bond donors (Lipinski definition) is 2. The van der Waals surface area contributed by atoms with Crippen LogP contribution < -0.4 is 10.1 Å². The van der Waals surface area contributed by atoms with E-state index in [1.165, 1.54) is 4.90 Å². The van der Waals surface area contributed by atoms with E-state index < -0.39 is 6.10 Å². The number of morpholine rings is 1. The first-order valence-corrected chi connectivity index (χ1v) is 8.81. The molecule has 26 heavy (non-hydrogen) atoms. The smallest absolute Gasteiger partial charge is 0.321 e. The maximum absolute atomic E-state index is 12.3. The van der Waals surface area contributed by atoms with Crippen LogP contribution in [0.1, 0.15) is 6.92 Å². The number of β-amino-alcohol motifs (C(OH)–C–C–N with tert-alkyl or cyclic N) is 1. The summed E-state index contributed by atoms with van der Waals surface area (Å²) >= 11 is 0. The second-order valence-corrected chi connectivity index (χ2v) is 6.65. The zero-order chi connectivity index (χ0) is 18.9. The Morgan fingerprint density at radius 2 is 2.19 bits per heavy atom. The molecule has 1 aromatic carbocycles. The first kappa shape index (κ1) is 20.2. The van der Waals surface area contributed by atoms with Crippen molar-refractivity contribution in [3.05, 3.63) is 36.4 Å². The number of carbonyl (C=O) groups is 1. The van der Waals surface area contributed by atoms with Gasteiger partial charge in [0.05, 0.1) is 19.3 Å². The maximum atomic E-state index is 12.3. The van der Waals surface area contributed by atoms with Crippen LogP contribution in [0.2, 0.25) is 0 Å². The SMILES string of the molecule is C=C(C)COc1cccc(NC(=O)N(C)CC(O)CN2CCOCC2)c1. The summed E-state index contributed by atoms with van der Waals surface area (Å²) in [5.41, 5.74) is 1.57. The lowest BCUT2D eigenvalue weighted by atomic mass is 10.3. The van der Waals surface area contributed by atoms with Crippen molar-refractivity contribution in [3.8, 4) is 5.75 Å². The Hall–Kier alpha value is -2.09. The number of nitrogens with zero attached hydrogens (tertiary/aromatic N) is 2. The Labute approximate surface area is 155 Å². The van der Waals surface area contributed by atoms with Crippen molar-refractivity contribution in [1.29, 1.82) is 0 Å². The highest BCUT2D eigenvalue weighted by atomic mass is 16.5. The third-order valence-electron chi connectivity index (χ3n) is 3.97. The van der Waals surface area contributed by atoms with Crippen LogP contribution in [0.5, 0.6) is 5.75 Å².